The molecule has 2 nitrogen and oxygen atoms in total. The molecule has 3 aromatic rings. The van der Waals surface area contributed by atoms with Gasteiger partial charge in [-0.3, -0.25) is 4.79 Å². The topological polar surface area (TPSA) is 20.3 Å². The zero-order valence-electron chi connectivity index (χ0n) is 15.1. The van der Waals surface area contributed by atoms with Crippen molar-refractivity contribution < 1.29 is 4.79 Å². The molecular formula is C24H22ClNO. The van der Waals surface area contributed by atoms with Crippen molar-refractivity contribution in [2.24, 2.45) is 0 Å². The Balaban J connectivity index is 1.64. The molecule has 3 aromatic carbocycles. The van der Waals surface area contributed by atoms with E-state index >= 15 is 0 Å². The molecule has 0 spiro atoms. The summed E-state index contributed by atoms with van der Waals surface area (Å²) in [6.45, 7) is 0.723. The lowest BCUT2D eigenvalue weighted by Gasteiger charge is -2.38. The maximum Gasteiger partial charge on any atom is 0.223 e. The first kappa shape index (κ1) is 17.8. The van der Waals surface area contributed by atoms with E-state index in [-0.39, 0.29) is 11.9 Å². The third-order valence-electron chi connectivity index (χ3n) is 5.27. The van der Waals surface area contributed by atoms with Crippen molar-refractivity contribution in [3.63, 3.8) is 0 Å². The average Bonchev–Trinajstić information content (AvgIpc) is 2.72. The van der Waals surface area contributed by atoms with Gasteiger partial charge in [0.1, 0.15) is 0 Å². The van der Waals surface area contributed by atoms with Crippen LogP contribution >= 0.6 is 11.6 Å². The highest BCUT2D eigenvalue weighted by Gasteiger charge is 2.32. The Kier molecular flexibility index (Phi) is 5.26. The maximum absolute atomic E-state index is 13.2. The maximum atomic E-state index is 13.2. The molecule has 0 radical (unpaired) electrons. The van der Waals surface area contributed by atoms with Crippen LogP contribution in [0.15, 0.2) is 78.9 Å². The minimum Gasteiger partial charge on any atom is -0.331 e. The summed E-state index contributed by atoms with van der Waals surface area (Å²) in [5.74, 6) is 0.179. The fourth-order valence-corrected chi connectivity index (χ4v) is 4.15. The van der Waals surface area contributed by atoms with Crippen molar-refractivity contribution in [1.82, 2.24) is 4.90 Å². The molecule has 1 amide bonds. The highest BCUT2D eigenvalue weighted by Crippen LogP contribution is 2.38. The smallest absolute Gasteiger partial charge is 0.223 e. The molecular weight excluding hydrogens is 354 g/mol. The van der Waals surface area contributed by atoms with Gasteiger partial charge < -0.3 is 4.90 Å². The van der Waals surface area contributed by atoms with E-state index in [1.165, 1.54) is 16.7 Å². The Labute approximate surface area is 165 Å². The summed E-state index contributed by atoms with van der Waals surface area (Å²) >= 11 is 6.53. The Hall–Kier alpha value is -2.58. The second-order valence-corrected chi connectivity index (χ2v) is 7.35. The van der Waals surface area contributed by atoms with Crippen molar-refractivity contribution in [2.75, 3.05) is 6.54 Å². The third kappa shape index (κ3) is 3.77. The van der Waals surface area contributed by atoms with E-state index in [4.69, 9.17) is 11.6 Å². The second-order valence-electron chi connectivity index (χ2n) is 6.95. The van der Waals surface area contributed by atoms with Gasteiger partial charge in [0, 0.05) is 18.0 Å². The lowest BCUT2D eigenvalue weighted by molar-refractivity contribution is -0.133. The molecule has 0 fully saturated rings. The molecule has 1 atom stereocenters. The number of carbonyl (C=O) groups is 1. The quantitative estimate of drug-likeness (QED) is 0.594. The van der Waals surface area contributed by atoms with Gasteiger partial charge in [-0.1, -0.05) is 84.4 Å². The molecule has 27 heavy (non-hydrogen) atoms. The number of rotatable bonds is 4. The van der Waals surface area contributed by atoms with Gasteiger partial charge in [0.2, 0.25) is 5.91 Å². The molecule has 1 heterocycles. The molecule has 0 saturated heterocycles. The highest BCUT2D eigenvalue weighted by molar-refractivity contribution is 6.31. The largest absolute Gasteiger partial charge is 0.331 e. The Morgan fingerprint density at radius 2 is 1.56 bits per heavy atom. The van der Waals surface area contributed by atoms with Crippen LogP contribution < -0.4 is 0 Å². The highest BCUT2D eigenvalue weighted by atomic mass is 35.5. The van der Waals surface area contributed by atoms with Crippen molar-refractivity contribution >= 4 is 17.5 Å². The van der Waals surface area contributed by atoms with Gasteiger partial charge in [0.05, 0.1) is 6.04 Å². The predicted octanol–water partition coefficient (Wildman–Crippen LogP) is 5.45. The fraction of sp³-hybridized carbons (Fsp3) is 0.208. The SMILES string of the molecule is O=C(CCc1ccccc1)N1CCc2ccccc2C1c1ccccc1Cl. The van der Waals surface area contributed by atoms with Crippen molar-refractivity contribution in [1.29, 1.82) is 0 Å². The van der Waals surface area contributed by atoms with Gasteiger partial charge in [-0.25, -0.2) is 0 Å². The molecule has 0 aromatic heterocycles. The monoisotopic (exact) mass is 375 g/mol. The van der Waals surface area contributed by atoms with Gasteiger partial charge in [-0.2, -0.15) is 0 Å². The molecule has 0 aliphatic carbocycles. The van der Waals surface area contributed by atoms with Crippen LogP contribution in [-0.2, 0) is 17.6 Å². The summed E-state index contributed by atoms with van der Waals surface area (Å²) in [5.41, 5.74) is 4.68. The zero-order chi connectivity index (χ0) is 18.6. The lowest BCUT2D eigenvalue weighted by atomic mass is 9.87. The summed E-state index contributed by atoms with van der Waals surface area (Å²) in [5, 5.41) is 0.708. The normalized spacial score (nSPS) is 16.0. The number of benzene rings is 3. The number of hydrogen-bond donors (Lipinski definition) is 0. The predicted molar refractivity (Wildman–Crippen MR) is 110 cm³/mol. The van der Waals surface area contributed by atoms with Gasteiger partial charge in [0.15, 0.2) is 0 Å². The summed E-state index contributed by atoms with van der Waals surface area (Å²) in [4.78, 5) is 15.2. The van der Waals surface area contributed by atoms with Crippen molar-refractivity contribution in [3.8, 4) is 0 Å². The van der Waals surface area contributed by atoms with E-state index in [0.717, 1.165) is 24.9 Å². The molecule has 1 aliphatic rings. The minimum atomic E-state index is -0.119. The van der Waals surface area contributed by atoms with Crippen LogP contribution in [0.3, 0.4) is 0 Å². The van der Waals surface area contributed by atoms with E-state index in [0.29, 0.717) is 11.4 Å². The van der Waals surface area contributed by atoms with E-state index in [1.54, 1.807) is 0 Å². The average molecular weight is 376 g/mol. The zero-order valence-corrected chi connectivity index (χ0v) is 15.9. The van der Waals surface area contributed by atoms with E-state index < -0.39 is 0 Å². The molecule has 4 rings (SSSR count). The first-order valence-electron chi connectivity index (χ1n) is 9.39. The second kappa shape index (κ2) is 7.98. The number of nitrogens with zero attached hydrogens (tertiary/aromatic N) is 1. The number of fused-ring (bicyclic) bond motifs is 1. The van der Waals surface area contributed by atoms with E-state index in [1.807, 2.05) is 53.4 Å². The third-order valence-corrected chi connectivity index (χ3v) is 5.62. The van der Waals surface area contributed by atoms with Crippen LogP contribution in [0.25, 0.3) is 0 Å². The summed E-state index contributed by atoms with van der Waals surface area (Å²) in [6.07, 6.45) is 2.15. The molecule has 136 valence electrons. The first-order valence-corrected chi connectivity index (χ1v) is 9.77. The van der Waals surface area contributed by atoms with Gasteiger partial charge in [-0.05, 0) is 41.2 Å². The minimum absolute atomic E-state index is 0.119. The van der Waals surface area contributed by atoms with E-state index in [9.17, 15) is 4.79 Å². The van der Waals surface area contributed by atoms with Crippen molar-refractivity contribution in [3.05, 3.63) is 106 Å². The van der Waals surface area contributed by atoms with Gasteiger partial charge in [-0.15, -0.1) is 0 Å². The summed E-state index contributed by atoms with van der Waals surface area (Å²) in [7, 11) is 0. The van der Waals surface area contributed by atoms with Crippen molar-refractivity contribution in [2.45, 2.75) is 25.3 Å². The Bertz CT molecular complexity index is 938. The fourth-order valence-electron chi connectivity index (χ4n) is 3.91. The molecule has 0 N–H and O–H groups in total. The van der Waals surface area contributed by atoms with Crippen LogP contribution in [0.5, 0.6) is 0 Å². The molecule has 0 saturated carbocycles. The van der Waals surface area contributed by atoms with Crippen LogP contribution in [-0.4, -0.2) is 17.4 Å². The number of carbonyl (C=O) groups excluding carboxylic acids is 1. The summed E-state index contributed by atoms with van der Waals surface area (Å²) in [6, 6.07) is 26.3. The number of halogens is 1. The van der Waals surface area contributed by atoms with Crippen LogP contribution in [0, 0.1) is 0 Å². The Morgan fingerprint density at radius 3 is 2.33 bits per heavy atom. The number of amides is 1. The van der Waals surface area contributed by atoms with Gasteiger partial charge >= 0.3 is 0 Å². The molecule has 1 aliphatic heterocycles. The van der Waals surface area contributed by atoms with E-state index in [2.05, 4.69) is 30.3 Å². The van der Waals surface area contributed by atoms with Crippen LogP contribution in [0.1, 0.15) is 34.7 Å². The Morgan fingerprint density at radius 1 is 0.889 bits per heavy atom. The molecule has 1 unspecified atom stereocenters. The molecule has 3 heteroatoms. The van der Waals surface area contributed by atoms with Crippen LogP contribution in [0.4, 0.5) is 0 Å². The lowest BCUT2D eigenvalue weighted by Crippen LogP contribution is -2.40. The summed E-state index contributed by atoms with van der Waals surface area (Å²) < 4.78 is 0. The first-order chi connectivity index (χ1) is 13.2. The van der Waals surface area contributed by atoms with Crippen LogP contribution in [0.2, 0.25) is 5.02 Å². The number of hydrogen-bond acceptors (Lipinski definition) is 1. The standard InChI is InChI=1S/C24H22ClNO/c25-22-13-7-6-12-21(22)24-20-11-5-4-10-19(20)16-17-26(24)23(27)15-14-18-8-2-1-3-9-18/h1-13,24H,14-17H2. The number of aryl methyl sites for hydroxylation is 1. The van der Waals surface area contributed by atoms with Gasteiger partial charge in [0.25, 0.3) is 0 Å². The molecule has 0 bridgehead atoms.